The van der Waals surface area contributed by atoms with Gasteiger partial charge >= 0.3 is 0 Å². The zero-order valence-electron chi connectivity index (χ0n) is 17.8. The van der Waals surface area contributed by atoms with Gasteiger partial charge in [0.1, 0.15) is 11.6 Å². The van der Waals surface area contributed by atoms with Crippen LogP contribution in [0.5, 0.6) is 5.75 Å². The SMILES string of the molecule is CCOc1ccc(C(=O)c2ccc(C(C)c3ccc(NS(=O)(=O)CCO)cc3F)[nH]2)cc1. The Morgan fingerprint density at radius 1 is 1.16 bits per heavy atom. The summed E-state index contributed by atoms with van der Waals surface area (Å²) in [6, 6.07) is 14.3. The quantitative estimate of drug-likeness (QED) is 0.400. The molecular formula is C23H25FN2O5S. The topological polar surface area (TPSA) is 108 Å². The van der Waals surface area contributed by atoms with Crippen molar-refractivity contribution in [3.05, 3.63) is 82.9 Å². The number of sulfonamides is 1. The summed E-state index contributed by atoms with van der Waals surface area (Å²) in [7, 11) is -3.74. The maximum Gasteiger partial charge on any atom is 0.234 e. The number of aromatic amines is 1. The number of aromatic nitrogens is 1. The Labute approximate surface area is 186 Å². The summed E-state index contributed by atoms with van der Waals surface area (Å²) in [6.45, 7) is 3.67. The number of benzene rings is 2. The van der Waals surface area contributed by atoms with Crippen molar-refractivity contribution in [1.29, 1.82) is 0 Å². The number of hydrogen-bond acceptors (Lipinski definition) is 5. The predicted octanol–water partition coefficient (Wildman–Crippen LogP) is 3.67. The number of aliphatic hydroxyl groups is 1. The number of nitrogens with one attached hydrogen (secondary N) is 2. The third-order valence-corrected chi connectivity index (χ3v) is 6.21. The second kappa shape index (κ2) is 9.97. The molecule has 0 aliphatic heterocycles. The van der Waals surface area contributed by atoms with E-state index < -0.39 is 34.1 Å². The fourth-order valence-electron chi connectivity index (χ4n) is 3.28. The van der Waals surface area contributed by atoms with Gasteiger partial charge in [-0.1, -0.05) is 13.0 Å². The van der Waals surface area contributed by atoms with E-state index >= 15 is 0 Å². The Morgan fingerprint density at radius 2 is 1.88 bits per heavy atom. The second-order valence-corrected chi connectivity index (χ2v) is 9.06. The highest BCUT2D eigenvalue weighted by Crippen LogP contribution is 2.28. The summed E-state index contributed by atoms with van der Waals surface area (Å²) in [5, 5.41) is 8.80. The van der Waals surface area contributed by atoms with E-state index in [4.69, 9.17) is 9.84 Å². The molecule has 3 N–H and O–H groups in total. The molecule has 1 aromatic heterocycles. The molecule has 0 bridgehead atoms. The molecule has 1 heterocycles. The lowest BCUT2D eigenvalue weighted by Gasteiger charge is -2.14. The largest absolute Gasteiger partial charge is 0.494 e. The molecule has 0 aliphatic rings. The standard InChI is InChI=1S/C23H25FN2O5S/c1-3-31-18-7-4-16(5-8-18)23(28)22-11-10-21(25-22)15(2)19-9-6-17(14-20(19)24)26-32(29,30)13-12-27/h4-11,14-15,25-27H,3,12-13H2,1-2H3. The molecule has 7 nitrogen and oxygen atoms in total. The molecule has 32 heavy (non-hydrogen) atoms. The summed E-state index contributed by atoms with van der Waals surface area (Å²) in [6.07, 6.45) is 0. The van der Waals surface area contributed by atoms with Gasteiger partial charge in [-0.3, -0.25) is 9.52 Å². The Bertz CT molecular complexity index is 1190. The number of ether oxygens (including phenoxy) is 1. The molecule has 0 aliphatic carbocycles. The number of carbonyl (C=O) groups is 1. The number of rotatable bonds is 10. The summed E-state index contributed by atoms with van der Waals surface area (Å²) in [5.74, 6) is -0.973. The van der Waals surface area contributed by atoms with Crippen LogP contribution < -0.4 is 9.46 Å². The molecular weight excluding hydrogens is 435 g/mol. The van der Waals surface area contributed by atoms with Crippen molar-refractivity contribution in [2.45, 2.75) is 19.8 Å². The van der Waals surface area contributed by atoms with Gasteiger partial charge in [-0.25, -0.2) is 12.8 Å². The van der Waals surface area contributed by atoms with E-state index in [1.807, 2.05) is 6.92 Å². The lowest BCUT2D eigenvalue weighted by molar-refractivity contribution is 0.103. The van der Waals surface area contributed by atoms with E-state index in [9.17, 15) is 17.6 Å². The minimum Gasteiger partial charge on any atom is -0.494 e. The summed E-state index contributed by atoms with van der Waals surface area (Å²) >= 11 is 0. The van der Waals surface area contributed by atoms with Gasteiger partial charge in [-0.2, -0.15) is 0 Å². The molecule has 0 saturated carbocycles. The highest BCUT2D eigenvalue weighted by molar-refractivity contribution is 7.92. The molecule has 170 valence electrons. The second-order valence-electron chi connectivity index (χ2n) is 7.22. The van der Waals surface area contributed by atoms with Gasteiger partial charge in [0.25, 0.3) is 0 Å². The third-order valence-electron chi connectivity index (χ3n) is 4.95. The average Bonchev–Trinajstić information content (AvgIpc) is 3.23. The van der Waals surface area contributed by atoms with Crippen molar-refractivity contribution in [1.82, 2.24) is 4.98 Å². The predicted molar refractivity (Wildman–Crippen MR) is 120 cm³/mol. The van der Waals surface area contributed by atoms with Crippen molar-refractivity contribution in [3.8, 4) is 5.75 Å². The summed E-state index contributed by atoms with van der Waals surface area (Å²) in [5.41, 5.74) is 1.94. The Balaban J connectivity index is 1.76. The van der Waals surface area contributed by atoms with Crippen molar-refractivity contribution >= 4 is 21.5 Å². The van der Waals surface area contributed by atoms with E-state index in [2.05, 4.69) is 9.71 Å². The van der Waals surface area contributed by atoms with Gasteiger partial charge in [0.05, 0.1) is 30.3 Å². The van der Waals surface area contributed by atoms with Crippen LogP contribution in [0.4, 0.5) is 10.1 Å². The minimum absolute atomic E-state index is 0.0738. The molecule has 0 amide bonds. The van der Waals surface area contributed by atoms with Gasteiger partial charge in [0.2, 0.25) is 15.8 Å². The molecule has 9 heteroatoms. The van der Waals surface area contributed by atoms with Crippen LogP contribution in [0, 0.1) is 5.82 Å². The molecule has 0 spiro atoms. The zero-order chi connectivity index (χ0) is 23.3. The van der Waals surface area contributed by atoms with Crippen LogP contribution in [-0.4, -0.2) is 43.3 Å². The number of ketones is 1. The van der Waals surface area contributed by atoms with Crippen LogP contribution in [-0.2, 0) is 10.0 Å². The monoisotopic (exact) mass is 460 g/mol. The van der Waals surface area contributed by atoms with Gasteiger partial charge in [-0.05, 0) is 61.0 Å². The first-order valence-corrected chi connectivity index (χ1v) is 11.8. The normalized spacial score (nSPS) is 12.4. The molecule has 1 unspecified atom stereocenters. The highest BCUT2D eigenvalue weighted by atomic mass is 32.2. The van der Waals surface area contributed by atoms with E-state index in [0.717, 1.165) is 6.07 Å². The van der Waals surface area contributed by atoms with Crippen molar-refractivity contribution < 1.29 is 27.4 Å². The fourth-order valence-corrected chi connectivity index (χ4v) is 4.11. The minimum atomic E-state index is -3.74. The van der Waals surface area contributed by atoms with Crippen molar-refractivity contribution in [2.24, 2.45) is 0 Å². The van der Waals surface area contributed by atoms with Crippen LogP contribution in [0.25, 0.3) is 0 Å². The Kier molecular flexibility index (Phi) is 7.32. The average molecular weight is 461 g/mol. The number of halogens is 1. The smallest absolute Gasteiger partial charge is 0.234 e. The molecule has 0 fully saturated rings. The van der Waals surface area contributed by atoms with E-state index in [-0.39, 0.29) is 11.5 Å². The first-order valence-electron chi connectivity index (χ1n) is 10.1. The number of carbonyl (C=O) groups excluding carboxylic acids is 1. The van der Waals surface area contributed by atoms with Crippen molar-refractivity contribution in [3.63, 3.8) is 0 Å². The highest BCUT2D eigenvalue weighted by Gasteiger charge is 2.19. The molecule has 1 atom stereocenters. The van der Waals surface area contributed by atoms with E-state index in [1.54, 1.807) is 43.3 Å². The van der Waals surface area contributed by atoms with E-state index in [0.29, 0.717) is 34.9 Å². The number of aliphatic hydroxyl groups excluding tert-OH is 1. The van der Waals surface area contributed by atoms with Gasteiger partial charge in [0, 0.05) is 17.2 Å². The van der Waals surface area contributed by atoms with Crippen LogP contribution in [0.3, 0.4) is 0 Å². The lowest BCUT2D eigenvalue weighted by atomic mass is 9.97. The first kappa shape index (κ1) is 23.5. The fraction of sp³-hybridized carbons (Fsp3) is 0.261. The van der Waals surface area contributed by atoms with Gasteiger partial charge in [0.15, 0.2) is 0 Å². The first-order chi connectivity index (χ1) is 15.2. The number of H-pyrrole nitrogens is 1. The van der Waals surface area contributed by atoms with Crippen LogP contribution in [0.15, 0.2) is 54.6 Å². The van der Waals surface area contributed by atoms with Gasteiger partial charge < -0.3 is 14.8 Å². The summed E-state index contributed by atoms with van der Waals surface area (Å²) in [4.78, 5) is 15.8. The lowest BCUT2D eigenvalue weighted by Crippen LogP contribution is -2.19. The maximum absolute atomic E-state index is 14.7. The molecule has 3 aromatic rings. The van der Waals surface area contributed by atoms with Crippen LogP contribution in [0.2, 0.25) is 0 Å². The zero-order valence-corrected chi connectivity index (χ0v) is 18.6. The van der Waals surface area contributed by atoms with Gasteiger partial charge in [-0.15, -0.1) is 0 Å². The molecule has 0 radical (unpaired) electrons. The van der Waals surface area contributed by atoms with Crippen LogP contribution >= 0.6 is 0 Å². The third kappa shape index (κ3) is 5.54. The Morgan fingerprint density at radius 3 is 2.50 bits per heavy atom. The molecule has 3 rings (SSSR count). The number of anilines is 1. The maximum atomic E-state index is 14.7. The molecule has 2 aromatic carbocycles. The van der Waals surface area contributed by atoms with E-state index in [1.165, 1.54) is 12.1 Å². The number of hydrogen-bond donors (Lipinski definition) is 3. The summed E-state index contributed by atoms with van der Waals surface area (Å²) < 4.78 is 45.8. The van der Waals surface area contributed by atoms with Crippen molar-refractivity contribution in [2.75, 3.05) is 23.7 Å². The Hall–Kier alpha value is -3.17. The van der Waals surface area contributed by atoms with Crippen LogP contribution in [0.1, 0.15) is 47.1 Å². The molecule has 0 saturated heterocycles.